The number of hydrogen-bond donors (Lipinski definition) is 2. The number of nitrogens with zero attached hydrogens (tertiary/aromatic N) is 2. The number of hydrogen-bond acceptors (Lipinski definition) is 4. The number of nitrogens with one attached hydrogen (secondary N) is 2. The van der Waals surface area contributed by atoms with E-state index in [-0.39, 0.29) is 11.9 Å². The fourth-order valence-corrected chi connectivity index (χ4v) is 2.40. The van der Waals surface area contributed by atoms with Crippen LogP contribution in [0.5, 0.6) is 0 Å². The van der Waals surface area contributed by atoms with E-state index in [1.807, 2.05) is 19.9 Å². The van der Waals surface area contributed by atoms with Crippen LogP contribution in [0.25, 0.3) is 0 Å². The van der Waals surface area contributed by atoms with Gasteiger partial charge in [0.1, 0.15) is 0 Å². The molecule has 2 N–H and O–H groups in total. The van der Waals surface area contributed by atoms with E-state index in [4.69, 9.17) is 0 Å². The van der Waals surface area contributed by atoms with Crippen LogP contribution in [-0.2, 0) is 6.42 Å². The van der Waals surface area contributed by atoms with E-state index in [1.165, 1.54) is 0 Å². The third-order valence-corrected chi connectivity index (χ3v) is 3.48. The number of aryl methyl sites for hydroxylation is 2. The molecule has 0 spiro atoms. The summed E-state index contributed by atoms with van der Waals surface area (Å²) in [6, 6.07) is 2.09. The van der Waals surface area contributed by atoms with Crippen molar-refractivity contribution in [1.82, 2.24) is 20.8 Å². The second-order valence-electron chi connectivity index (χ2n) is 5.05. The van der Waals surface area contributed by atoms with E-state index in [2.05, 4.69) is 20.8 Å². The maximum Gasteiger partial charge on any atom is 0.253 e. The van der Waals surface area contributed by atoms with Gasteiger partial charge in [-0.1, -0.05) is 6.92 Å². The van der Waals surface area contributed by atoms with Crippen LogP contribution in [0.2, 0.25) is 0 Å². The van der Waals surface area contributed by atoms with Gasteiger partial charge >= 0.3 is 0 Å². The second-order valence-corrected chi connectivity index (χ2v) is 5.05. The van der Waals surface area contributed by atoms with Crippen molar-refractivity contribution in [2.24, 2.45) is 0 Å². The lowest BCUT2D eigenvalue weighted by atomic mass is 10.1. The Morgan fingerprint density at radius 2 is 2.26 bits per heavy atom. The van der Waals surface area contributed by atoms with Crippen LogP contribution >= 0.6 is 0 Å². The first-order valence-electron chi connectivity index (χ1n) is 7.05. The van der Waals surface area contributed by atoms with Gasteiger partial charge in [-0.2, -0.15) is 10.2 Å². The van der Waals surface area contributed by atoms with E-state index < -0.39 is 0 Å². The number of carbonyl (C=O) groups is 1. The van der Waals surface area contributed by atoms with Crippen LogP contribution in [-0.4, -0.2) is 35.2 Å². The van der Waals surface area contributed by atoms with Crippen LogP contribution in [0, 0.1) is 6.92 Å². The van der Waals surface area contributed by atoms with Gasteiger partial charge in [0.05, 0.1) is 17.0 Å². The summed E-state index contributed by atoms with van der Waals surface area (Å²) in [4.78, 5) is 12.4. The first kappa shape index (κ1) is 13.9. The molecule has 0 aromatic carbocycles. The molecule has 1 aliphatic rings. The molecule has 1 unspecified atom stereocenters. The Morgan fingerprint density at radius 1 is 1.42 bits per heavy atom. The molecule has 2 rings (SSSR count). The SMILES string of the molecule is CCc1nnc(C)cc1C(=O)NC1CCCNCC1. The molecule has 2 heterocycles. The van der Waals surface area contributed by atoms with Crippen LogP contribution in [0.3, 0.4) is 0 Å². The Balaban J connectivity index is 2.08. The van der Waals surface area contributed by atoms with Crippen LogP contribution in [0.4, 0.5) is 0 Å². The normalized spacial score (nSPS) is 19.8. The predicted octanol–water partition coefficient (Wildman–Crippen LogP) is 1.22. The molecule has 1 saturated heterocycles. The van der Waals surface area contributed by atoms with Crippen LogP contribution in [0.15, 0.2) is 6.07 Å². The predicted molar refractivity (Wildman–Crippen MR) is 74.1 cm³/mol. The average Bonchev–Trinajstić information content (AvgIpc) is 2.67. The highest BCUT2D eigenvalue weighted by Crippen LogP contribution is 2.10. The van der Waals surface area contributed by atoms with E-state index in [0.717, 1.165) is 50.2 Å². The van der Waals surface area contributed by atoms with E-state index in [1.54, 1.807) is 0 Å². The van der Waals surface area contributed by atoms with Gasteiger partial charge in [-0.15, -0.1) is 0 Å². The van der Waals surface area contributed by atoms with Crippen molar-refractivity contribution in [1.29, 1.82) is 0 Å². The summed E-state index contributed by atoms with van der Waals surface area (Å²) in [6.07, 6.45) is 3.86. The standard InChI is InChI=1S/C14H22N4O/c1-3-13-12(9-10(2)17-18-13)14(19)16-11-5-4-7-15-8-6-11/h9,11,15H,3-8H2,1-2H3,(H,16,19). The van der Waals surface area contributed by atoms with Gasteiger partial charge in [0.15, 0.2) is 0 Å². The van der Waals surface area contributed by atoms with Crippen molar-refractivity contribution < 1.29 is 4.79 Å². The lowest BCUT2D eigenvalue weighted by Gasteiger charge is -2.16. The average molecular weight is 262 g/mol. The molecule has 1 amide bonds. The number of amides is 1. The quantitative estimate of drug-likeness (QED) is 0.859. The summed E-state index contributed by atoms with van der Waals surface area (Å²) in [7, 11) is 0. The third-order valence-electron chi connectivity index (χ3n) is 3.48. The third kappa shape index (κ3) is 3.73. The molecule has 19 heavy (non-hydrogen) atoms. The van der Waals surface area contributed by atoms with E-state index >= 15 is 0 Å². The number of aromatic nitrogens is 2. The summed E-state index contributed by atoms with van der Waals surface area (Å²) in [5.41, 5.74) is 2.23. The topological polar surface area (TPSA) is 66.9 Å². The molecular formula is C14H22N4O. The van der Waals surface area contributed by atoms with E-state index in [9.17, 15) is 4.79 Å². The molecule has 1 fully saturated rings. The Bertz CT molecular complexity index is 439. The van der Waals surface area contributed by atoms with E-state index in [0.29, 0.717) is 5.56 Å². The molecule has 0 saturated carbocycles. The summed E-state index contributed by atoms with van der Waals surface area (Å²) in [5.74, 6) is -0.0123. The van der Waals surface area contributed by atoms with Crippen molar-refractivity contribution >= 4 is 5.91 Å². The van der Waals surface area contributed by atoms with Crippen molar-refractivity contribution in [3.63, 3.8) is 0 Å². The van der Waals surface area contributed by atoms with Crippen molar-refractivity contribution in [3.05, 3.63) is 23.0 Å². The lowest BCUT2D eigenvalue weighted by Crippen LogP contribution is -2.36. The molecule has 5 heteroatoms. The van der Waals surface area contributed by atoms with Gasteiger partial charge in [-0.05, 0) is 51.8 Å². The van der Waals surface area contributed by atoms with Crippen LogP contribution in [0.1, 0.15) is 47.9 Å². The Morgan fingerprint density at radius 3 is 3.05 bits per heavy atom. The smallest absolute Gasteiger partial charge is 0.253 e. The van der Waals surface area contributed by atoms with Crippen LogP contribution < -0.4 is 10.6 Å². The monoisotopic (exact) mass is 262 g/mol. The molecule has 0 aliphatic carbocycles. The summed E-state index contributed by atoms with van der Waals surface area (Å²) in [6.45, 7) is 5.87. The molecule has 104 valence electrons. The zero-order chi connectivity index (χ0) is 13.7. The van der Waals surface area contributed by atoms with Crippen molar-refractivity contribution in [2.75, 3.05) is 13.1 Å². The molecule has 1 aliphatic heterocycles. The first-order valence-corrected chi connectivity index (χ1v) is 7.05. The summed E-state index contributed by atoms with van der Waals surface area (Å²) < 4.78 is 0. The van der Waals surface area contributed by atoms with Gasteiger partial charge in [0, 0.05) is 6.04 Å². The number of carbonyl (C=O) groups excluding carboxylic acids is 1. The largest absolute Gasteiger partial charge is 0.349 e. The molecule has 1 atom stereocenters. The van der Waals surface area contributed by atoms with Crippen molar-refractivity contribution in [2.45, 2.75) is 45.6 Å². The minimum atomic E-state index is -0.0123. The zero-order valence-corrected chi connectivity index (χ0v) is 11.7. The van der Waals surface area contributed by atoms with Crippen molar-refractivity contribution in [3.8, 4) is 0 Å². The molecule has 0 radical (unpaired) electrons. The summed E-state index contributed by atoms with van der Waals surface area (Å²) in [5, 5.41) is 14.6. The van der Waals surface area contributed by atoms with Gasteiger partial charge in [0.25, 0.3) is 5.91 Å². The van der Waals surface area contributed by atoms with Gasteiger partial charge in [-0.25, -0.2) is 0 Å². The van der Waals surface area contributed by atoms with Gasteiger partial charge in [-0.3, -0.25) is 4.79 Å². The maximum atomic E-state index is 12.4. The maximum absolute atomic E-state index is 12.4. The Hall–Kier alpha value is -1.49. The summed E-state index contributed by atoms with van der Waals surface area (Å²) >= 11 is 0. The highest BCUT2D eigenvalue weighted by Gasteiger charge is 2.18. The zero-order valence-electron chi connectivity index (χ0n) is 11.7. The molecule has 1 aromatic heterocycles. The minimum absolute atomic E-state index is 0.0123. The lowest BCUT2D eigenvalue weighted by molar-refractivity contribution is 0.0932. The fourth-order valence-electron chi connectivity index (χ4n) is 2.40. The highest BCUT2D eigenvalue weighted by molar-refractivity contribution is 5.95. The molecule has 1 aromatic rings. The Labute approximate surface area is 114 Å². The minimum Gasteiger partial charge on any atom is -0.349 e. The fraction of sp³-hybridized carbons (Fsp3) is 0.643. The Kier molecular flexibility index (Phi) is 4.85. The van der Waals surface area contributed by atoms with Gasteiger partial charge < -0.3 is 10.6 Å². The molecule has 5 nitrogen and oxygen atoms in total. The first-order chi connectivity index (χ1) is 9.20. The molecular weight excluding hydrogens is 240 g/mol. The molecule has 0 bridgehead atoms. The van der Waals surface area contributed by atoms with Gasteiger partial charge in [0.2, 0.25) is 0 Å². The second kappa shape index (κ2) is 6.61. The number of rotatable bonds is 3. The highest BCUT2D eigenvalue weighted by atomic mass is 16.1.